The van der Waals surface area contributed by atoms with Crippen LogP contribution < -0.4 is 15.8 Å². The van der Waals surface area contributed by atoms with Crippen LogP contribution in [0.5, 0.6) is 0 Å². The fourth-order valence-corrected chi connectivity index (χ4v) is 3.12. The summed E-state index contributed by atoms with van der Waals surface area (Å²) in [4.78, 5) is 11.0. The van der Waals surface area contributed by atoms with E-state index in [-0.39, 0.29) is 22.9 Å². The summed E-state index contributed by atoms with van der Waals surface area (Å²) in [7, 11) is -3.57. The van der Waals surface area contributed by atoms with Crippen molar-refractivity contribution < 1.29 is 13.2 Å². The molecule has 1 aromatic rings. The second kappa shape index (κ2) is 6.83. The van der Waals surface area contributed by atoms with Gasteiger partial charge in [-0.15, -0.1) is 0 Å². The molecule has 2 unspecified atom stereocenters. The summed E-state index contributed by atoms with van der Waals surface area (Å²) < 4.78 is 26.8. The Kier molecular flexibility index (Phi) is 5.67. The SMILES string of the molecule is CC(=O)Nc1ccc(S(=O)(=O)NC(C)CC(C)N)cc1. The van der Waals surface area contributed by atoms with Crippen LogP contribution >= 0.6 is 0 Å². The Bertz CT molecular complexity index is 553. The van der Waals surface area contributed by atoms with E-state index in [1.807, 2.05) is 6.92 Å². The predicted octanol–water partition coefficient (Wildman–Crippen LogP) is 1.05. The zero-order valence-electron chi connectivity index (χ0n) is 11.9. The number of hydrogen-bond donors (Lipinski definition) is 3. The van der Waals surface area contributed by atoms with Crippen LogP contribution in [0.15, 0.2) is 29.2 Å². The maximum Gasteiger partial charge on any atom is 0.240 e. The first-order chi connectivity index (χ1) is 9.20. The van der Waals surface area contributed by atoms with E-state index in [4.69, 9.17) is 5.73 Å². The lowest BCUT2D eigenvalue weighted by molar-refractivity contribution is -0.114. The summed E-state index contributed by atoms with van der Waals surface area (Å²) in [6.45, 7) is 4.99. The molecule has 0 aliphatic heterocycles. The number of nitrogens with one attached hydrogen (secondary N) is 2. The third-order valence-electron chi connectivity index (χ3n) is 2.57. The number of nitrogens with two attached hydrogens (primary N) is 1. The highest BCUT2D eigenvalue weighted by Gasteiger charge is 2.17. The molecule has 4 N–H and O–H groups in total. The molecule has 7 heteroatoms. The van der Waals surface area contributed by atoms with Gasteiger partial charge in [0.25, 0.3) is 0 Å². The summed E-state index contributed by atoms with van der Waals surface area (Å²) in [5.41, 5.74) is 6.20. The Morgan fingerprint density at radius 3 is 2.25 bits per heavy atom. The van der Waals surface area contributed by atoms with Crippen LogP contribution in [0.3, 0.4) is 0 Å². The van der Waals surface area contributed by atoms with Crippen molar-refractivity contribution in [2.75, 3.05) is 5.32 Å². The van der Waals surface area contributed by atoms with Crippen LogP contribution in [0.25, 0.3) is 0 Å². The van der Waals surface area contributed by atoms with E-state index < -0.39 is 10.0 Å². The van der Waals surface area contributed by atoms with Crippen LogP contribution in [-0.4, -0.2) is 26.4 Å². The molecule has 0 radical (unpaired) electrons. The second-order valence-corrected chi connectivity index (χ2v) is 6.65. The zero-order valence-corrected chi connectivity index (χ0v) is 12.7. The van der Waals surface area contributed by atoms with Gasteiger partial charge in [-0.25, -0.2) is 13.1 Å². The molecule has 20 heavy (non-hydrogen) atoms. The van der Waals surface area contributed by atoms with E-state index in [0.717, 1.165) is 0 Å². The van der Waals surface area contributed by atoms with Gasteiger partial charge < -0.3 is 11.1 Å². The number of carbonyl (C=O) groups excluding carboxylic acids is 1. The standard InChI is InChI=1S/C13H21N3O3S/c1-9(14)8-10(2)16-20(18,19)13-6-4-12(5-7-13)15-11(3)17/h4-7,9-10,16H,8,14H2,1-3H3,(H,15,17). The third kappa shape index (κ3) is 5.28. The summed E-state index contributed by atoms with van der Waals surface area (Å²) in [5, 5.41) is 2.58. The van der Waals surface area contributed by atoms with Crippen molar-refractivity contribution >= 4 is 21.6 Å². The van der Waals surface area contributed by atoms with Crippen molar-refractivity contribution in [1.82, 2.24) is 4.72 Å². The van der Waals surface area contributed by atoms with Gasteiger partial charge in [0.2, 0.25) is 15.9 Å². The Balaban J connectivity index is 2.80. The Hall–Kier alpha value is -1.44. The molecule has 1 rings (SSSR count). The van der Waals surface area contributed by atoms with E-state index in [1.165, 1.54) is 19.1 Å². The van der Waals surface area contributed by atoms with Crippen LogP contribution in [0, 0.1) is 0 Å². The molecule has 2 atom stereocenters. The number of benzene rings is 1. The Morgan fingerprint density at radius 2 is 1.80 bits per heavy atom. The zero-order chi connectivity index (χ0) is 15.3. The van der Waals surface area contributed by atoms with Gasteiger partial charge in [-0.2, -0.15) is 0 Å². The largest absolute Gasteiger partial charge is 0.328 e. The number of sulfonamides is 1. The molecule has 6 nitrogen and oxygen atoms in total. The number of rotatable bonds is 6. The lowest BCUT2D eigenvalue weighted by Crippen LogP contribution is -2.36. The maximum absolute atomic E-state index is 12.1. The van der Waals surface area contributed by atoms with E-state index in [2.05, 4.69) is 10.0 Å². The molecule has 0 saturated carbocycles. The molecule has 0 aromatic heterocycles. The van der Waals surface area contributed by atoms with Crippen molar-refractivity contribution in [2.24, 2.45) is 5.73 Å². The molecule has 1 aromatic carbocycles. The Morgan fingerprint density at radius 1 is 1.25 bits per heavy atom. The van der Waals surface area contributed by atoms with Gasteiger partial charge in [-0.1, -0.05) is 0 Å². The van der Waals surface area contributed by atoms with E-state index in [0.29, 0.717) is 12.1 Å². The number of amides is 1. The van der Waals surface area contributed by atoms with Crippen LogP contribution in [0.2, 0.25) is 0 Å². The molecule has 0 bridgehead atoms. The summed E-state index contributed by atoms with van der Waals surface area (Å²) in [6.07, 6.45) is 0.559. The average Bonchev–Trinajstić information content (AvgIpc) is 2.26. The minimum atomic E-state index is -3.57. The quantitative estimate of drug-likeness (QED) is 0.730. The van der Waals surface area contributed by atoms with Crippen molar-refractivity contribution in [3.8, 4) is 0 Å². The monoisotopic (exact) mass is 299 g/mol. The molecular weight excluding hydrogens is 278 g/mol. The van der Waals surface area contributed by atoms with Crippen LogP contribution in [0.1, 0.15) is 27.2 Å². The second-order valence-electron chi connectivity index (χ2n) is 4.94. The molecule has 112 valence electrons. The highest BCUT2D eigenvalue weighted by atomic mass is 32.2. The summed E-state index contributed by atoms with van der Waals surface area (Å²) in [5.74, 6) is -0.204. The van der Waals surface area contributed by atoms with Crippen molar-refractivity contribution in [1.29, 1.82) is 0 Å². The first-order valence-corrected chi connectivity index (χ1v) is 7.84. The lowest BCUT2D eigenvalue weighted by Gasteiger charge is -2.16. The van der Waals surface area contributed by atoms with E-state index >= 15 is 0 Å². The van der Waals surface area contributed by atoms with E-state index in [1.54, 1.807) is 19.1 Å². The molecule has 0 fully saturated rings. The maximum atomic E-state index is 12.1. The van der Waals surface area contributed by atoms with Crippen molar-refractivity contribution in [2.45, 2.75) is 44.2 Å². The third-order valence-corrected chi connectivity index (χ3v) is 4.17. The summed E-state index contributed by atoms with van der Waals surface area (Å²) in [6, 6.07) is 5.68. The molecule has 1 amide bonds. The van der Waals surface area contributed by atoms with Crippen LogP contribution in [-0.2, 0) is 14.8 Å². The van der Waals surface area contributed by atoms with Crippen LogP contribution in [0.4, 0.5) is 5.69 Å². The Labute approximate surface area is 119 Å². The van der Waals surface area contributed by atoms with Gasteiger partial charge in [-0.05, 0) is 44.5 Å². The smallest absolute Gasteiger partial charge is 0.240 e. The molecule has 0 spiro atoms. The minimum absolute atomic E-state index is 0.0742. The lowest BCUT2D eigenvalue weighted by atomic mass is 10.1. The van der Waals surface area contributed by atoms with Gasteiger partial charge in [0, 0.05) is 24.7 Å². The molecule has 0 aliphatic carbocycles. The van der Waals surface area contributed by atoms with E-state index in [9.17, 15) is 13.2 Å². The minimum Gasteiger partial charge on any atom is -0.328 e. The number of carbonyl (C=O) groups is 1. The molecule has 0 saturated heterocycles. The number of anilines is 1. The number of hydrogen-bond acceptors (Lipinski definition) is 4. The first-order valence-electron chi connectivity index (χ1n) is 6.36. The normalized spacial score (nSPS) is 14.6. The van der Waals surface area contributed by atoms with Crippen molar-refractivity contribution in [3.63, 3.8) is 0 Å². The topological polar surface area (TPSA) is 101 Å². The fraction of sp³-hybridized carbons (Fsp3) is 0.462. The fourth-order valence-electron chi connectivity index (χ4n) is 1.86. The first kappa shape index (κ1) is 16.6. The molecule has 0 aliphatic rings. The van der Waals surface area contributed by atoms with Gasteiger partial charge in [-0.3, -0.25) is 4.79 Å². The average molecular weight is 299 g/mol. The van der Waals surface area contributed by atoms with Crippen molar-refractivity contribution in [3.05, 3.63) is 24.3 Å². The predicted molar refractivity (Wildman–Crippen MR) is 78.8 cm³/mol. The highest BCUT2D eigenvalue weighted by molar-refractivity contribution is 7.89. The van der Waals surface area contributed by atoms with Gasteiger partial charge in [0.05, 0.1) is 4.90 Å². The van der Waals surface area contributed by atoms with Gasteiger partial charge in [0.15, 0.2) is 0 Å². The highest BCUT2D eigenvalue weighted by Crippen LogP contribution is 2.14. The molecule has 0 heterocycles. The van der Waals surface area contributed by atoms with Gasteiger partial charge >= 0.3 is 0 Å². The summed E-state index contributed by atoms with van der Waals surface area (Å²) >= 11 is 0. The molecular formula is C13H21N3O3S. The van der Waals surface area contributed by atoms with Gasteiger partial charge in [0.1, 0.15) is 0 Å².